The van der Waals surface area contributed by atoms with Gasteiger partial charge in [-0.25, -0.2) is 8.78 Å². The maximum atomic E-state index is 13.0. The molecule has 0 fully saturated rings. The van der Waals surface area contributed by atoms with E-state index in [0.717, 1.165) is 23.9 Å². The second-order valence-corrected chi connectivity index (χ2v) is 5.68. The number of carbonyl (C=O) groups is 1. The van der Waals surface area contributed by atoms with Crippen molar-refractivity contribution in [3.63, 3.8) is 0 Å². The van der Waals surface area contributed by atoms with Gasteiger partial charge in [0, 0.05) is 10.6 Å². The number of nitrogens with zero attached hydrogens (tertiary/aromatic N) is 1. The lowest BCUT2D eigenvalue weighted by molar-refractivity contribution is -0.113. The molecule has 0 saturated heterocycles. The predicted molar refractivity (Wildman–Crippen MR) is 81.9 cm³/mol. The summed E-state index contributed by atoms with van der Waals surface area (Å²) in [6, 6.07) is 9.89. The number of hydrogen-bond donors (Lipinski definition) is 1. The van der Waals surface area contributed by atoms with Crippen molar-refractivity contribution in [1.82, 2.24) is 0 Å². The van der Waals surface area contributed by atoms with Crippen LogP contribution in [0.4, 0.5) is 14.5 Å². The van der Waals surface area contributed by atoms with E-state index in [4.69, 9.17) is 16.9 Å². The average molecular weight is 339 g/mol. The highest BCUT2D eigenvalue weighted by atomic mass is 35.5. The van der Waals surface area contributed by atoms with Gasteiger partial charge >= 0.3 is 0 Å². The van der Waals surface area contributed by atoms with Gasteiger partial charge in [0.2, 0.25) is 5.91 Å². The molecular weight excluding hydrogens is 330 g/mol. The van der Waals surface area contributed by atoms with Crippen LogP contribution >= 0.6 is 23.4 Å². The van der Waals surface area contributed by atoms with Crippen LogP contribution in [-0.2, 0) is 4.79 Å². The van der Waals surface area contributed by atoms with Crippen LogP contribution in [0, 0.1) is 23.0 Å². The topological polar surface area (TPSA) is 52.9 Å². The van der Waals surface area contributed by atoms with Crippen molar-refractivity contribution in [2.45, 2.75) is 4.90 Å². The molecule has 1 amide bonds. The summed E-state index contributed by atoms with van der Waals surface area (Å²) in [6.07, 6.45) is 0. The first kappa shape index (κ1) is 16.3. The number of nitriles is 1. The number of benzene rings is 2. The fourth-order valence-corrected chi connectivity index (χ4v) is 2.54. The molecule has 112 valence electrons. The molecule has 7 heteroatoms. The number of hydrogen-bond acceptors (Lipinski definition) is 3. The zero-order valence-corrected chi connectivity index (χ0v) is 12.6. The van der Waals surface area contributed by atoms with Crippen molar-refractivity contribution in [2.75, 3.05) is 11.1 Å². The van der Waals surface area contributed by atoms with Gasteiger partial charge in [0.25, 0.3) is 0 Å². The third-order valence-electron chi connectivity index (χ3n) is 2.63. The number of carbonyl (C=O) groups excluding carboxylic acids is 1. The van der Waals surface area contributed by atoms with E-state index in [1.165, 1.54) is 18.2 Å². The maximum absolute atomic E-state index is 13.0. The van der Waals surface area contributed by atoms with Crippen molar-refractivity contribution in [2.24, 2.45) is 0 Å². The Labute approximate surface area is 134 Å². The van der Waals surface area contributed by atoms with Gasteiger partial charge in [0.05, 0.1) is 16.3 Å². The summed E-state index contributed by atoms with van der Waals surface area (Å²) in [5.41, 5.74) is 0.774. The Kier molecular flexibility index (Phi) is 5.36. The van der Waals surface area contributed by atoms with E-state index in [1.807, 2.05) is 6.07 Å². The molecule has 0 unspecified atom stereocenters. The Morgan fingerprint density at radius 3 is 2.64 bits per heavy atom. The minimum Gasteiger partial charge on any atom is -0.325 e. The molecule has 0 radical (unpaired) electrons. The average Bonchev–Trinajstić information content (AvgIpc) is 2.49. The quantitative estimate of drug-likeness (QED) is 0.849. The fraction of sp³-hybridized carbons (Fsp3) is 0.0667. The largest absolute Gasteiger partial charge is 0.325 e. The summed E-state index contributed by atoms with van der Waals surface area (Å²) in [5, 5.41) is 11.6. The number of nitrogens with one attached hydrogen (secondary N) is 1. The molecule has 0 aliphatic rings. The van der Waals surface area contributed by atoms with Crippen LogP contribution in [0.5, 0.6) is 0 Å². The smallest absolute Gasteiger partial charge is 0.234 e. The lowest BCUT2D eigenvalue weighted by Crippen LogP contribution is -2.14. The summed E-state index contributed by atoms with van der Waals surface area (Å²) in [4.78, 5) is 12.2. The van der Waals surface area contributed by atoms with E-state index in [2.05, 4.69) is 5.32 Å². The number of amides is 1. The summed E-state index contributed by atoms with van der Waals surface area (Å²) in [7, 11) is 0. The van der Waals surface area contributed by atoms with Gasteiger partial charge in [-0.3, -0.25) is 4.79 Å². The highest BCUT2D eigenvalue weighted by molar-refractivity contribution is 8.00. The van der Waals surface area contributed by atoms with Crippen molar-refractivity contribution in [1.29, 1.82) is 5.26 Å². The lowest BCUT2D eigenvalue weighted by Gasteiger charge is -2.06. The number of halogens is 3. The number of rotatable bonds is 4. The molecule has 22 heavy (non-hydrogen) atoms. The Bertz CT molecular complexity index is 762. The van der Waals surface area contributed by atoms with E-state index in [1.54, 1.807) is 6.07 Å². The highest BCUT2D eigenvalue weighted by Gasteiger charge is 2.08. The molecular formula is C15H9ClF2N2OS. The summed E-state index contributed by atoms with van der Waals surface area (Å²) >= 11 is 6.94. The lowest BCUT2D eigenvalue weighted by atomic mass is 10.2. The van der Waals surface area contributed by atoms with Gasteiger partial charge in [0.1, 0.15) is 6.07 Å². The Morgan fingerprint density at radius 1 is 1.23 bits per heavy atom. The van der Waals surface area contributed by atoms with Crippen molar-refractivity contribution in [3.8, 4) is 6.07 Å². The van der Waals surface area contributed by atoms with Gasteiger partial charge in [-0.2, -0.15) is 5.26 Å². The van der Waals surface area contributed by atoms with Gasteiger partial charge in [-0.05, 0) is 36.4 Å². The Balaban J connectivity index is 1.94. The van der Waals surface area contributed by atoms with Crippen LogP contribution in [0.15, 0.2) is 41.3 Å². The minimum atomic E-state index is -0.954. The van der Waals surface area contributed by atoms with Crippen molar-refractivity contribution < 1.29 is 13.6 Å². The molecule has 3 nitrogen and oxygen atoms in total. The third kappa shape index (κ3) is 4.20. The van der Waals surface area contributed by atoms with E-state index in [9.17, 15) is 13.6 Å². The van der Waals surface area contributed by atoms with Crippen LogP contribution in [0.2, 0.25) is 5.02 Å². The molecule has 1 N–H and O–H groups in total. The van der Waals surface area contributed by atoms with Gasteiger partial charge < -0.3 is 5.32 Å². The molecule has 0 bridgehead atoms. The SMILES string of the molecule is N#Cc1ccc(NC(=O)CSc2ccc(F)c(F)c2)cc1Cl. The number of thioether (sulfide) groups is 1. The van der Waals surface area contributed by atoms with Crippen LogP contribution in [0.3, 0.4) is 0 Å². The standard InChI is InChI=1S/C15H9ClF2N2OS/c16-12-5-10(2-1-9(12)7-19)20-15(21)8-22-11-3-4-13(17)14(18)6-11/h1-6H,8H2,(H,20,21). The van der Waals surface area contributed by atoms with E-state index in [-0.39, 0.29) is 16.7 Å². The second-order valence-electron chi connectivity index (χ2n) is 4.22. The van der Waals surface area contributed by atoms with Gasteiger partial charge in [-0.1, -0.05) is 11.6 Å². The van der Waals surface area contributed by atoms with Crippen LogP contribution in [0.25, 0.3) is 0 Å². The van der Waals surface area contributed by atoms with Crippen LogP contribution in [-0.4, -0.2) is 11.7 Å². The highest BCUT2D eigenvalue weighted by Crippen LogP contribution is 2.22. The molecule has 0 atom stereocenters. The van der Waals surface area contributed by atoms with E-state index < -0.39 is 11.6 Å². The van der Waals surface area contributed by atoms with Crippen LogP contribution in [0.1, 0.15) is 5.56 Å². The Hall–Kier alpha value is -2.10. The summed E-state index contributed by atoms with van der Waals surface area (Å²) in [6.45, 7) is 0. The first-order valence-corrected chi connectivity index (χ1v) is 7.43. The molecule has 2 aromatic rings. The number of anilines is 1. The molecule has 0 aliphatic heterocycles. The van der Waals surface area contributed by atoms with E-state index in [0.29, 0.717) is 16.1 Å². The molecule has 2 aromatic carbocycles. The molecule has 0 aliphatic carbocycles. The predicted octanol–water partition coefficient (Wildman–Crippen LogP) is 4.22. The third-order valence-corrected chi connectivity index (χ3v) is 3.94. The maximum Gasteiger partial charge on any atom is 0.234 e. The molecule has 0 aromatic heterocycles. The second kappa shape index (κ2) is 7.25. The van der Waals surface area contributed by atoms with Crippen molar-refractivity contribution >= 4 is 35.0 Å². The molecule has 0 spiro atoms. The zero-order valence-electron chi connectivity index (χ0n) is 11.1. The van der Waals surface area contributed by atoms with Crippen LogP contribution < -0.4 is 5.32 Å². The van der Waals surface area contributed by atoms with Gasteiger partial charge in [0.15, 0.2) is 11.6 Å². The van der Waals surface area contributed by atoms with Gasteiger partial charge in [-0.15, -0.1) is 11.8 Å². The van der Waals surface area contributed by atoms with Crippen molar-refractivity contribution in [3.05, 3.63) is 58.6 Å². The molecule has 2 rings (SSSR count). The van der Waals surface area contributed by atoms with E-state index >= 15 is 0 Å². The first-order valence-electron chi connectivity index (χ1n) is 6.07. The summed E-state index contributed by atoms with van der Waals surface area (Å²) in [5.74, 6) is -2.18. The normalized spacial score (nSPS) is 10.1. The molecule has 0 heterocycles. The monoisotopic (exact) mass is 338 g/mol. The summed E-state index contributed by atoms with van der Waals surface area (Å²) < 4.78 is 25.8. The Morgan fingerprint density at radius 2 is 2.00 bits per heavy atom. The molecule has 0 saturated carbocycles. The zero-order chi connectivity index (χ0) is 16.1. The fourth-order valence-electron chi connectivity index (χ4n) is 1.60. The minimum absolute atomic E-state index is 0.0304. The first-order chi connectivity index (χ1) is 10.5.